The van der Waals surface area contributed by atoms with Crippen LogP contribution in [0.2, 0.25) is 0 Å². The average Bonchev–Trinajstić information content (AvgIpc) is 2.76. The van der Waals surface area contributed by atoms with Crippen LogP contribution in [0, 0.1) is 0 Å². The van der Waals surface area contributed by atoms with Crippen LogP contribution in [0.15, 0.2) is 66.9 Å². The van der Waals surface area contributed by atoms with Crippen LogP contribution in [0.1, 0.15) is 30.6 Å². The Morgan fingerprint density at radius 3 is 2.57 bits per heavy atom. The Bertz CT molecular complexity index is 857. The van der Waals surface area contributed by atoms with Crippen LogP contribution in [0.4, 0.5) is 0 Å². The van der Waals surface area contributed by atoms with Crippen molar-refractivity contribution in [1.29, 1.82) is 0 Å². The molecule has 158 valence electrons. The third-order valence-electron chi connectivity index (χ3n) is 4.92. The van der Waals surface area contributed by atoms with Crippen LogP contribution < -0.4 is 10.6 Å². The number of amides is 2. The number of aromatic nitrogens is 1. The van der Waals surface area contributed by atoms with E-state index < -0.39 is 18.2 Å². The Balaban J connectivity index is 1.51. The number of carbonyl (C=O) groups is 2. The molecule has 0 fully saturated rings. The van der Waals surface area contributed by atoms with Gasteiger partial charge in [-0.15, -0.1) is 0 Å². The van der Waals surface area contributed by atoms with Crippen LogP contribution in [-0.4, -0.2) is 46.8 Å². The van der Waals surface area contributed by atoms with E-state index in [0.29, 0.717) is 5.69 Å². The first kappa shape index (κ1) is 21.7. The molecule has 0 unspecified atom stereocenters. The molecule has 1 aromatic heterocycles. The van der Waals surface area contributed by atoms with E-state index in [1.165, 1.54) is 0 Å². The van der Waals surface area contributed by atoms with Gasteiger partial charge in [-0.1, -0.05) is 48.6 Å². The summed E-state index contributed by atoms with van der Waals surface area (Å²) in [5, 5.41) is 15.5. The van der Waals surface area contributed by atoms with Crippen molar-refractivity contribution in [2.75, 3.05) is 6.61 Å². The molecule has 1 aliphatic rings. The van der Waals surface area contributed by atoms with E-state index in [1.807, 2.05) is 43.3 Å². The molecule has 3 rings (SSSR count). The average molecular weight is 409 g/mol. The van der Waals surface area contributed by atoms with Crippen LogP contribution in [0.5, 0.6) is 0 Å². The molecule has 0 saturated heterocycles. The number of hydrogen-bond donors (Lipinski definition) is 3. The maximum atomic E-state index is 12.4. The number of benzene rings is 1. The number of pyridine rings is 1. The van der Waals surface area contributed by atoms with E-state index in [-0.39, 0.29) is 37.3 Å². The third-order valence-corrected chi connectivity index (χ3v) is 4.92. The number of nitrogens with one attached hydrogen (secondary N) is 2. The summed E-state index contributed by atoms with van der Waals surface area (Å²) >= 11 is 0. The first-order chi connectivity index (χ1) is 14.5. The Hall–Kier alpha value is -3.03. The largest absolute Gasteiger partial charge is 0.394 e. The van der Waals surface area contributed by atoms with E-state index >= 15 is 0 Å². The number of carbonyl (C=O) groups excluding carboxylic acids is 2. The van der Waals surface area contributed by atoms with Crippen molar-refractivity contribution < 1.29 is 19.4 Å². The van der Waals surface area contributed by atoms with Gasteiger partial charge in [0.15, 0.2) is 0 Å². The van der Waals surface area contributed by atoms with Crippen molar-refractivity contribution in [3.05, 3.63) is 78.1 Å². The second kappa shape index (κ2) is 10.7. The highest BCUT2D eigenvalue weighted by atomic mass is 16.5. The molecule has 0 saturated carbocycles. The second-order valence-corrected chi connectivity index (χ2v) is 7.28. The molecule has 0 bridgehead atoms. The Morgan fingerprint density at radius 1 is 1.10 bits per heavy atom. The molecule has 2 heterocycles. The molecule has 2 aromatic rings. The highest BCUT2D eigenvalue weighted by Gasteiger charge is 2.29. The Morgan fingerprint density at radius 2 is 1.87 bits per heavy atom. The molecule has 0 radical (unpaired) electrons. The molecule has 0 spiro atoms. The van der Waals surface area contributed by atoms with Gasteiger partial charge in [-0.2, -0.15) is 0 Å². The van der Waals surface area contributed by atoms with E-state index in [1.54, 1.807) is 30.5 Å². The molecule has 4 atom stereocenters. The lowest BCUT2D eigenvalue weighted by Gasteiger charge is -2.31. The van der Waals surface area contributed by atoms with E-state index in [9.17, 15) is 14.7 Å². The lowest BCUT2D eigenvalue weighted by molar-refractivity contribution is -0.128. The number of rotatable bonds is 8. The number of aliphatic hydroxyl groups excluding tert-OH is 1. The standard InChI is InChI=1S/C23H27N3O4/c1-16(17-7-3-2-4-8-17)25-23(29)14-19-10-11-20(21(15-27)30-19)26-22(28)13-18-9-5-6-12-24-18/h2-12,16,19-21,27H,13-15H2,1H3,(H,25,29)(H,26,28)/t16-,19+,20-,21-/m1/s1. The molecule has 1 aliphatic heterocycles. The predicted octanol–water partition coefficient (Wildman–Crippen LogP) is 1.69. The normalized spacial score (nSPS) is 21.6. The highest BCUT2D eigenvalue weighted by Crippen LogP contribution is 2.17. The number of aliphatic hydroxyl groups is 1. The zero-order valence-corrected chi connectivity index (χ0v) is 16.9. The minimum atomic E-state index is -0.618. The lowest BCUT2D eigenvalue weighted by Crippen LogP contribution is -2.49. The van der Waals surface area contributed by atoms with Crippen LogP contribution in [-0.2, 0) is 20.7 Å². The van der Waals surface area contributed by atoms with E-state index in [2.05, 4.69) is 15.6 Å². The van der Waals surface area contributed by atoms with E-state index in [4.69, 9.17) is 4.74 Å². The van der Waals surface area contributed by atoms with Gasteiger partial charge in [-0.25, -0.2) is 0 Å². The molecular weight excluding hydrogens is 382 g/mol. The van der Waals surface area contributed by atoms with Crippen LogP contribution >= 0.6 is 0 Å². The maximum Gasteiger partial charge on any atom is 0.226 e. The Kier molecular flexibility index (Phi) is 7.70. The van der Waals surface area contributed by atoms with Gasteiger partial charge in [0.25, 0.3) is 0 Å². The lowest BCUT2D eigenvalue weighted by atomic mass is 10.0. The van der Waals surface area contributed by atoms with Crippen molar-refractivity contribution >= 4 is 11.8 Å². The summed E-state index contributed by atoms with van der Waals surface area (Å²) in [6, 6.07) is 14.5. The quantitative estimate of drug-likeness (QED) is 0.576. The smallest absolute Gasteiger partial charge is 0.226 e. The van der Waals surface area contributed by atoms with Crippen molar-refractivity contribution in [1.82, 2.24) is 15.6 Å². The minimum absolute atomic E-state index is 0.112. The third kappa shape index (κ3) is 6.23. The summed E-state index contributed by atoms with van der Waals surface area (Å²) in [6.07, 6.45) is 4.37. The summed E-state index contributed by atoms with van der Waals surface area (Å²) in [4.78, 5) is 28.8. The fourth-order valence-electron chi connectivity index (χ4n) is 3.35. The number of hydrogen-bond acceptors (Lipinski definition) is 5. The summed E-state index contributed by atoms with van der Waals surface area (Å²) in [6.45, 7) is 1.66. The topological polar surface area (TPSA) is 101 Å². The molecule has 1 aromatic carbocycles. The van der Waals surface area contributed by atoms with Gasteiger partial charge in [0.1, 0.15) is 6.10 Å². The fraction of sp³-hybridized carbons (Fsp3) is 0.348. The van der Waals surface area contributed by atoms with Crippen LogP contribution in [0.3, 0.4) is 0 Å². The molecule has 7 heteroatoms. The maximum absolute atomic E-state index is 12.4. The first-order valence-electron chi connectivity index (χ1n) is 10.0. The second-order valence-electron chi connectivity index (χ2n) is 7.28. The molecule has 30 heavy (non-hydrogen) atoms. The monoisotopic (exact) mass is 409 g/mol. The van der Waals surface area contributed by atoms with Crippen molar-refractivity contribution in [3.8, 4) is 0 Å². The summed E-state index contributed by atoms with van der Waals surface area (Å²) in [5.41, 5.74) is 1.69. The van der Waals surface area contributed by atoms with Crippen LogP contribution in [0.25, 0.3) is 0 Å². The van der Waals surface area contributed by atoms with Gasteiger partial charge in [0, 0.05) is 11.9 Å². The van der Waals surface area contributed by atoms with Crippen molar-refractivity contribution in [2.24, 2.45) is 0 Å². The fourth-order valence-corrected chi connectivity index (χ4v) is 3.35. The van der Waals surface area contributed by atoms with Gasteiger partial charge in [-0.05, 0) is 24.6 Å². The molecular formula is C23H27N3O4. The Labute approximate surface area is 176 Å². The summed E-state index contributed by atoms with van der Waals surface area (Å²) in [7, 11) is 0. The summed E-state index contributed by atoms with van der Waals surface area (Å²) in [5.74, 6) is -0.353. The van der Waals surface area contributed by atoms with E-state index in [0.717, 1.165) is 5.56 Å². The van der Waals surface area contributed by atoms with Gasteiger partial charge in [0.05, 0.1) is 37.6 Å². The molecule has 3 N–H and O–H groups in total. The highest BCUT2D eigenvalue weighted by molar-refractivity contribution is 5.79. The summed E-state index contributed by atoms with van der Waals surface area (Å²) < 4.78 is 5.83. The number of nitrogens with zero attached hydrogens (tertiary/aromatic N) is 1. The van der Waals surface area contributed by atoms with Gasteiger partial charge in [-0.3, -0.25) is 14.6 Å². The molecule has 7 nitrogen and oxygen atoms in total. The minimum Gasteiger partial charge on any atom is -0.394 e. The van der Waals surface area contributed by atoms with Crippen molar-refractivity contribution in [3.63, 3.8) is 0 Å². The van der Waals surface area contributed by atoms with Crippen molar-refractivity contribution in [2.45, 2.75) is 44.1 Å². The predicted molar refractivity (Wildman–Crippen MR) is 112 cm³/mol. The van der Waals surface area contributed by atoms with Gasteiger partial charge in [0.2, 0.25) is 11.8 Å². The molecule has 0 aliphatic carbocycles. The van der Waals surface area contributed by atoms with Gasteiger partial charge >= 0.3 is 0 Å². The molecule has 2 amide bonds. The number of ether oxygens (including phenoxy) is 1. The zero-order chi connectivity index (χ0) is 21.3. The zero-order valence-electron chi connectivity index (χ0n) is 16.9. The van der Waals surface area contributed by atoms with Gasteiger partial charge < -0.3 is 20.5 Å². The SMILES string of the molecule is C[C@@H](NC(=O)C[C@@H]1C=C[C@@H](NC(=O)Cc2ccccn2)[C@@H](CO)O1)c1ccccc1. The first-order valence-corrected chi connectivity index (χ1v) is 10.0.